The fraction of sp³-hybridized carbons (Fsp3) is 0.591. The Bertz CT molecular complexity index is 768. The molecule has 0 spiro atoms. The average molecular weight is 383 g/mol. The van der Waals surface area contributed by atoms with Gasteiger partial charge in [-0.05, 0) is 44.7 Å². The second kappa shape index (κ2) is 8.86. The van der Waals surface area contributed by atoms with E-state index in [0.717, 1.165) is 37.9 Å². The Morgan fingerprint density at radius 2 is 1.89 bits per heavy atom. The average Bonchev–Trinajstić information content (AvgIpc) is 3.19. The number of carbonyl (C=O) groups is 1. The molecule has 4 rings (SSSR count). The third-order valence-corrected chi connectivity index (χ3v) is 6.26. The summed E-state index contributed by atoms with van der Waals surface area (Å²) in [5, 5.41) is 7.42. The molecule has 2 heterocycles. The van der Waals surface area contributed by atoms with Gasteiger partial charge in [-0.15, -0.1) is 0 Å². The van der Waals surface area contributed by atoms with Crippen molar-refractivity contribution in [2.24, 2.45) is 11.8 Å². The van der Waals surface area contributed by atoms with Crippen molar-refractivity contribution in [3.05, 3.63) is 36.2 Å². The highest BCUT2D eigenvalue weighted by Crippen LogP contribution is 2.25. The predicted octanol–water partition coefficient (Wildman–Crippen LogP) is 3.64. The van der Waals surface area contributed by atoms with Gasteiger partial charge in [0.15, 0.2) is 0 Å². The molecule has 6 nitrogen and oxygen atoms in total. The molecule has 2 fully saturated rings. The summed E-state index contributed by atoms with van der Waals surface area (Å²) in [4.78, 5) is 19.5. The normalized spacial score (nSPS) is 24.2. The molecule has 1 saturated carbocycles. The summed E-state index contributed by atoms with van der Waals surface area (Å²) in [6.07, 6.45) is 6.70. The second-order valence-corrected chi connectivity index (χ2v) is 8.30. The Kier molecular flexibility index (Phi) is 6.05. The smallest absolute Gasteiger partial charge is 0.241 e. The summed E-state index contributed by atoms with van der Waals surface area (Å²) in [6.45, 7) is 4.69. The van der Waals surface area contributed by atoms with Crippen LogP contribution < -0.4 is 5.32 Å². The first-order chi connectivity index (χ1) is 13.7. The highest BCUT2D eigenvalue weighted by molar-refractivity contribution is 5.79. The highest BCUT2D eigenvalue weighted by atomic mass is 16.5. The molecule has 1 aliphatic carbocycles. The Morgan fingerprint density at radius 3 is 2.64 bits per heavy atom. The van der Waals surface area contributed by atoms with Crippen LogP contribution in [0.1, 0.15) is 51.3 Å². The van der Waals surface area contributed by atoms with Gasteiger partial charge in [-0.3, -0.25) is 9.69 Å². The zero-order chi connectivity index (χ0) is 19.3. The van der Waals surface area contributed by atoms with Crippen molar-refractivity contribution in [1.29, 1.82) is 0 Å². The molecule has 2 aromatic rings. The molecule has 150 valence electrons. The molecular formula is C22H30N4O2. The van der Waals surface area contributed by atoms with Gasteiger partial charge < -0.3 is 9.84 Å². The molecule has 2 aliphatic rings. The largest absolute Gasteiger partial charge is 0.353 e. The van der Waals surface area contributed by atoms with E-state index in [1.54, 1.807) is 0 Å². The lowest BCUT2D eigenvalue weighted by atomic mass is 9.85. The molecule has 1 amide bonds. The Labute approximate surface area is 166 Å². The van der Waals surface area contributed by atoms with Crippen LogP contribution in [0.4, 0.5) is 0 Å². The quantitative estimate of drug-likeness (QED) is 0.855. The van der Waals surface area contributed by atoms with Gasteiger partial charge in [0, 0.05) is 17.5 Å². The third kappa shape index (κ3) is 4.61. The molecule has 0 radical (unpaired) electrons. The molecular weight excluding hydrogens is 352 g/mol. The van der Waals surface area contributed by atoms with Crippen LogP contribution in [-0.2, 0) is 11.3 Å². The van der Waals surface area contributed by atoms with Crippen molar-refractivity contribution in [2.45, 2.75) is 58.0 Å². The van der Waals surface area contributed by atoms with Gasteiger partial charge in [-0.1, -0.05) is 55.3 Å². The zero-order valence-corrected chi connectivity index (χ0v) is 16.6. The first kappa shape index (κ1) is 19.1. The van der Waals surface area contributed by atoms with Crippen LogP contribution in [0.2, 0.25) is 0 Å². The van der Waals surface area contributed by atoms with Gasteiger partial charge in [0.2, 0.25) is 17.6 Å². The fourth-order valence-corrected chi connectivity index (χ4v) is 4.40. The van der Waals surface area contributed by atoms with Crippen molar-refractivity contribution in [2.75, 3.05) is 13.1 Å². The van der Waals surface area contributed by atoms with E-state index in [0.29, 0.717) is 30.2 Å². The van der Waals surface area contributed by atoms with Crippen molar-refractivity contribution < 1.29 is 9.32 Å². The first-order valence-corrected chi connectivity index (χ1v) is 10.6. The Hall–Kier alpha value is -2.21. The third-order valence-electron chi connectivity index (χ3n) is 6.26. The fourth-order valence-electron chi connectivity index (χ4n) is 4.40. The molecule has 1 aliphatic heterocycles. The summed E-state index contributed by atoms with van der Waals surface area (Å²) in [7, 11) is 0. The second-order valence-electron chi connectivity index (χ2n) is 8.30. The number of hydrogen-bond donors (Lipinski definition) is 1. The van der Waals surface area contributed by atoms with Crippen LogP contribution in [0, 0.1) is 11.8 Å². The highest BCUT2D eigenvalue weighted by Gasteiger charge is 2.29. The van der Waals surface area contributed by atoms with Gasteiger partial charge in [-0.2, -0.15) is 4.98 Å². The van der Waals surface area contributed by atoms with E-state index in [1.165, 1.54) is 19.3 Å². The van der Waals surface area contributed by atoms with E-state index >= 15 is 0 Å². The van der Waals surface area contributed by atoms with Crippen molar-refractivity contribution in [3.63, 3.8) is 0 Å². The SMILES string of the molecule is C[C@H]1CCCC[C@H]1NC(=O)C1CCN(Cc2nc(-c3ccccc3)no2)CC1. The monoisotopic (exact) mass is 382 g/mol. The van der Waals surface area contributed by atoms with Crippen LogP contribution in [0.15, 0.2) is 34.9 Å². The number of rotatable bonds is 5. The molecule has 0 unspecified atom stereocenters. The van der Waals surface area contributed by atoms with Gasteiger partial charge in [0.05, 0.1) is 6.54 Å². The van der Waals surface area contributed by atoms with E-state index < -0.39 is 0 Å². The number of carbonyl (C=O) groups excluding carboxylic acids is 1. The van der Waals surface area contributed by atoms with Crippen molar-refractivity contribution >= 4 is 5.91 Å². The number of aromatic nitrogens is 2. The van der Waals surface area contributed by atoms with Crippen LogP contribution in [0.25, 0.3) is 11.4 Å². The van der Waals surface area contributed by atoms with Crippen molar-refractivity contribution in [1.82, 2.24) is 20.4 Å². The number of hydrogen-bond acceptors (Lipinski definition) is 5. The summed E-state index contributed by atoms with van der Waals surface area (Å²) < 4.78 is 5.43. The summed E-state index contributed by atoms with van der Waals surface area (Å²) in [5.41, 5.74) is 0.963. The van der Waals surface area contributed by atoms with Gasteiger partial charge in [0.1, 0.15) is 0 Å². The zero-order valence-electron chi connectivity index (χ0n) is 16.6. The van der Waals surface area contributed by atoms with Crippen LogP contribution in [0.5, 0.6) is 0 Å². The van der Waals surface area contributed by atoms with Crippen molar-refractivity contribution in [3.8, 4) is 11.4 Å². The molecule has 0 bridgehead atoms. The number of amides is 1. The molecule has 1 aromatic heterocycles. The number of likely N-dealkylation sites (tertiary alicyclic amines) is 1. The summed E-state index contributed by atoms with van der Waals surface area (Å²) in [5.74, 6) is 2.26. The topological polar surface area (TPSA) is 71.3 Å². The Morgan fingerprint density at radius 1 is 1.14 bits per heavy atom. The number of benzene rings is 1. The van der Waals surface area contributed by atoms with E-state index in [1.807, 2.05) is 30.3 Å². The lowest BCUT2D eigenvalue weighted by Crippen LogP contribution is -2.46. The standard InChI is InChI=1S/C22H30N4O2/c1-16-7-5-6-10-19(16)23-22(27)18-11-13-26(14-12-18)15-20-24-21(25-28-20)17-8-3-2-4-9-17/h2-4,8-9,16,18-19H,5-7,10-15H2,1H3,(H,23,27)/t16-,19+/m0/s1. The van der Waals surface area contributed by atoms with Gasteiger partial charge in [-0.25, -0.2) is 0 Å². The minimum absolute atomic E-state index is 0.132. The van der Waals surface area contributed by atoms with Gasteiger partial charge >= 0.3 is 0 Å². The molecule has 1 N–H and O–H groups in total. The minimum atomic E-state index is 0.132. The maximum absolute atomic E-state index is 12.7. The Balaban J connectivity index is 1.25. The van der Waals surface area contributed by atoms with E-state index in [2.05, 4.69) is 27.3 Å². The summed E-state index contributed by atoms with van der Waals surface area (Å²) >= 11 is 0. The van der Waals surface area contributed by atoms with Gasteiger partial charge in [0.25, 0.3) is 0 Å². The van der Waals surface area contributed by atoms with E-state index in [4.69, 9.17) is 4.52 Å². The maximum atomic E-state index is 12.7. The molecule has 1 saturated heterocycles. The first-order valence-electron chi connectivity index (χ1n) is 10.6. The minimum Gasteiger partial charge on any atom is -0.353 e. The van der Waals surface area contributed by atoms with Crippen LogP contribution in [-0.4, -0.2) is 40.1 Å². The van der Waals surface area contributed by atoms with Crippen LogP contribution in [0.3, 0.4) is 0 Å². The maximum Gasteiger partial charge on any atom is 0.241 e. The van der Waals surface area contributed by atoms with E-state index in [9.17, 15) is 4.79 Å². The number of nitrogens with zero attached hydrogens (tertiary/aromatic N) is 3. The predicted molar refractivity (Wildman–Crippen MR) is 107 cm³/mol. The van der Waals surface area contributed by atoms with Crippen LogP contribution >= 0.6 is 0 Å². The molecule has 1 aromatic carbocycles. The molecule has 2 atom stereocenters. The lowest BCUT2D eigenvalue weighted by Gasteiger charge is -2.34. The molecule has 6 heteroatoms. The number of piperidine rings is 1. The lowest BCUT2D eigenvalue weighted by molar-refractivity contribution is -0.127. The van der Waals surface area contributed by atoms with E-state index in [-0.39, 0.29) is 11.8 Å². The number of nitrogens with one attached hydrogen (secondary N) is 1. The molecule has 28 heavy (non-hydrogen) atoms. The summed E-state index contributed by atoms with van der Waals surface area (Å²) in [6, 6.07) is 10.2.